The number of fused-ring (bicyclic) bond motifs is 1. The molecule has 2 N–H and O–H groups in total. The molecular formula is C19H16FN5O4. The third-order valence-electron chi connectivity index (χ3n) is 4.14. The van der Waals surface area contributed by atoms with Crippen LogP contribution in [0.4, 0.5) is 4.39 Å². The minimum absolute atomic E-state index is 0.00920. The highest BCUT2D eigenvalue weighted by Gasteiger charge is 2.28. The van der Waals surface area contributed by atoms with Crippen LogP contribution in [-0.4, -0.2) is 39.3 Å². The van der Waals surface area contributed by atoms with Crippen molar-refractivity contribution in [2.45, 2.75) is 13.0 Å². The smallest absolute Gasteiger partial charge is 0.309 e. The molecule has 29 heavy (non-hydrogen) atoms. The number of hydrogen-bond acceptors (Lipinski definition) is 6. The maximum absolute atomic E-state index is 13.1. The lowest BCUT2D eigenvalue weighted by Gasteiger charge is -2.25. The van der Waals surface area contributed by atoms with E-state index < -0.39 is 17.9 Å². The van der Waals surface area contributed by atoms with E-state index in [9.17, 15) is 14.0 Å². The summed E-state index contributed by atoms with van der Waals surface area (Å²) >= 11 is 0. The van der Waals surface area contributed by atoms with E-state index in [1.54, 1.807) is 31.2 Å². The first-order valence-corrected chi connectivity index (χ1v) is 8.69. The van der Waals surface area contributed by atoms with Crippen molar-refractivity contribution in [1.82, 2.24) is 25.6 Å². The molecule has 2 heterocycles. The summed E-state index contributed by atoms with van der Waals surface area (Å²) in [5, 5.41) is 4.09. The van der Waals surface area contributed by atoms with Gasteiger partial charge in [-0.2, -0.15) is 0 Å². The molecule has 9 nitrogen and oxygen atoms in total. The molecule has 1 atom stereocenters. The molecule has 0 aliphatic carbocycles. The number of halogens is 1. The molecule has 1 aliphatic rings. The Bertz CT molecular complexity index is 1070. The lowest BCUT2D eigenvalue weighted by Crippen LogP contribution is -2.51. The van der Waals surface area contributed by atoms with E-state index in [0.29, 0.717) is 23.0 Å². The molecule has 1 aliphatic heterocycles. The van der Waals surface area contributed by atoms with E-state index in [2.05, 4.69) is 20.9 Å². The molecule has 10 heteroatoms. The van der Waals surface area contributed by atoms with Crippen molar-refractivity contribution in [2.75, 3.05) is 6.61 Å². The molecule has 2 amide bonds. The van der Waals surface area contributed by atoms with E-state index in [-0.39, 0.29) is 18.2 Å². The van der Waals surface area contributed by atoms with Gasteiger partial charge in [-0.1, -0.05) is 12.1 Å². The van der Waals surface area contributed by atoms with Gasteiger partial charge < -0.3 is 9.47 Å². The lowest BCUT2D eigenvalue weighted by molar-refractivity contribution is -0.131. The molecule has 1 aromatic heterocycles. The number of rotatable bonds is 3. The van der Waals surface area contributed by atoms with E-state index in [4.69, 9.17) is 9.47 Å². The minimum Gasteiger partial charge on any atom is -0.485 e. The predicted molar refractivity (Wildman–Crippen MR) is 98.0 cm³/mol. The summed E-state index contributed by atoms with van der Waals surface area (Å²) < 4.78 is 25.5. The van der Waals surface area contributed by atoms with Gasteiger partial charge in [0.2, 0.25) is 11.9 Å². The summed E-state index contributed by atoms with van der Waals surface area (Å²) in [6, 6.07) is 12.6. The van der Waals surface area contributed by atoms with Crippen molar-refractivity contribution in [2.24, 2.45) is 0 Å². The zero-order valence-electron chi connectivity index (χ0n) is 15.3. The summed E-state index contributed by atoms with van der Waals surface area (Å²) in [6.07, 6.45) is -0.920. The fraction of sp³-hybridized carbons (Fsp3) is 0.158. The number of aryl methyl sites for hydroxylation is 1. The number of carbonyl (C=O) groups is 2. The number of amides is 2. The zero-order valence-corrected chi connectivity index (χ0v) is 15.3. The Hall–Kier alpha value is -3.95. The maximum Gasteiger partial charge on any atom is 0.309 e. The Morgan fingerprint density at radius 2 is 1.83 bits per heavy atom. The number of ether oxygens (including phenoxy) is 2. The van der Waals surface area contributed by atoms with E-state index in [1.165, 1.54) is 28.9 Å². The Morgan fingerprint density at radius 1 is 1.10 bits per heavy atom. The molecule has 0 saturated carbocycles. The van der Waals surface area contributed by atoms with Gasteiger partial charge in [0.05, 0.1) is 5.69 Å². The molecule has 4 rings (SSSR count). The van der Waals surface area contributed by atoms with Gasteiger partial charge in [-0.05, 0) is 43.3 Å². The SMILES string of the molecule is Cc1nc(C(=O)NNC(=O)[C@H]2COc3ccccc3O2)nn1-c1ccc(F)cc1. The van der Waals surface area contributed by atoms with E-state index in [0.717, 1.165) is 0 Å². The molecule has 148 valence electrons. The number of benzene rings is 2. The highest BCUT2D eigenvalue weighted by atomic mass is 19.1. The van der Waals surface area contributed by atoms with Gasteiger partial charge in [-0.3, -0.25) is 20.4 Å². The summed E-state index contributed by atoms with van der Waals surface area (Å²) in [4.78, 5) is 28.6. The zero-order chi connectivity index (χ0) is 20.4. The second kappa shape index (κ2) is 7.58. The summed E-state index contributed by atoms with van der Waals surface area (Å²) in [6.45, 7) is 1.66. The van der Waals surface area contributed by atoms with E-state index in [1.807, 2.05) is 0 Å². The minimum atomic E-state index is -0.920. The van der Waals surface area contributed by atoms with Crippen LogP contribution in [0.3, 0.4) is 0 Å². The maximum atomic E-state index is 13.1. The Labute approximate surface area is 164 Å². The van der Waals surface area contributed by atoms with Crippen molar-refractivity contribution in [3.63, 3.8) is 0 Å². The van der Waals surface area contributed by atoms with Crippen molar-refractivity contribution >= 4 is 11.8 Å². The van der Waals surface area contributed by atoms with Crippen LogP contribution in [0.25, 0.3) is 5.69 Å². The Balaban J connectivity index is 1.38. The number of nitrogens with zero attached hydrogens (tertiary/aromatic N) is 3. The fourth-order valence-corrected chi connectivity index (χ4v) is 2.72. The molecule has 0 fully saturated rings. The highest BCUT2D eigenvalue weighted by Crippen LogP contribution is 2.30. The van der Waals surface area contributed by atoms with Gasteiger partial charge in [0.15, 0.2) is 11.5 Å². The molecule has 0 radical (unpaired) electrons. The summed E-state index contributed by atoms with van der Waals surface area (Å²) in [5.74, 6) is -0.412. The lowest BCUT2D eigenvalue weighted by atomic mass is 10.2. The molecule has 2 aromatic carbocycles. The predicted octanol–water partition coefficient (Wildman–Crippen LogP) is 1.32. The van der Waals surface area contributed by atoms with Gasteiger partial charge in [0, 0.05) is 0 Å². The fourth-order valence-electron chi connectivity index (χ4n) is 2.72. The highest BCUT2D eigenvalue weighted by molar-refractivity contribution is 5.92. The van der Waals surface area contributed by atoms with E-state index >= 15 is 0 Å². The van der Waals surface area contributed by atoms with Gasteiger partial charge in [0.1, 0.15) is 18.2 Å². The topological polar surface area (TPSA) is 107 Å². The van der Waals surface area contributed by atoms with Crippen LogP contribution < -0.4 is 20.3 Å². The van der Waals surface area contributed by atoms with Crippen LogP contribution in [0.2, 0.25) is 0 Å². The third-order valence-corrected chi connectivity index (χ3v) is 4.14. The number of aromatic nitrogens is 3. The van der Waals surface area contributed by atoms with Crippen molar-refractivity contribution in [3.05, 3.63) is 66.0 Å². The molecular weight excluding hydrogens is 381 g/mol. The second-order valence-corrected chi connectivity index (χ2v) is 6.18. The first-order valence-electron chi connectivity index (χ1n) is 8.69. The molecule has 0 unspecified atom stereocenters. The molecule has 0 spiro atoms. The van der Waals surface area contributed by atoms with Crippen molar-refractivity contribution < 1.29 is 23.5 Å². The first-order chi connectivity index (χ1) is 14.0. The number of para-hydroxylation sites is 2. The largest absolute Gasteiger partial charge is 0.485 e. The number of hydrogen-bond donors (Lipinski definition) is 2. The monoisotopic (exact) mass is 397 g/mol. The van der Waals surface area contributed by atoms with Gasteiger partial charge in [-0.25, -0.2) is 14.1 Å². The van der Waals surface area contributed by atoms with Crippen molar-refractivity contribution in [1.29, 1.82) is 0 Å². The third kappa shape index (κ3) is 3.86. The number of nitrogens with one attached hydrogen (secondary N) is 2. The van der Waals surface area contributed by atoms with Crippen molar-refractivity contribution in [3.8, 4) is 17.2 Å². The normalized spacial score (nSPS) is 14.9. The van der Waals surface area contributed by atoms with Crippen LogP contribution in [0.1, 0.15) is 16.4 Å². The van der Waals surface area contributed by atoms with Crippen LogP contribution >= 0.6 is 0 Å². The molecule has 0 bridgehead atoms. The quantitative estimate of drug-likeness (QED) is 0.646. The Kier molecular flexibility index (Phi) is 4.82. The van der Waals surface area contributed by atoms with Crippen LogP contribution in [0.5, 0.6) is 11.5 Å². The Morgan fingerprint density at radius 3 is 2.59 bits per heavy atom. The van der Waals surface area contributed by atoms with Gasteiger partial charge >= 0.3 is 5.91 Å². The number of hydrazine groups is 1. The summed E-state index contributed by atoms with van der Waals surface area (Å²) in [7, 11) is 0. The van der Waals surface area contributed by atoms with Gasteiger partial charge in [-0.15, -0.1) is 5.10 Å². The van der Waals surface area contributed by atoms with Gasteiger partial charge in [0.25, 0.3) is 5.91 Å². The standard InChI is InChI=1S/C19H16FN5O4/c1-11-21-17(24-25(11)13-8-6-12(20)7-9-13)19(27)23-22-18(26)16-10-28-14-4-2-3-5-15(14)29-16/h2-9,16H,10H2,1H3,(H,22,26)(H,23,27)/t16-/m1/s1. The first kappa shape index (κ1) is 18.4. The average Bonchev–Trinajstić information content (AvgIpc) is 3.13. The summed E-state index contributed by atoms with van der Waals surface area (Å²) in [5.41, 5.74) is 5.07. The van der Waals surface area contributed by atoms with Crippen LogP contribution in [0, 0.1) is 12.7 Å². The van der Waals surface area contributed by atoms with Crippen LogP contribution in [0.15, 0.2) is 48.5 Å². The average molecular weight is 397 g/mol. The second-order valence-electron chi connectivity index (χ2n) is 6.18. The molecule has 0 saturated heterocycles. The molecule has 3 aromatic rings. The van der Waals surface area contributed by atoms with Crippen LogP contribution in [-0.2, 0) is 4.79 Å². The number of carbonyl (C=O) groups excluding carboxylic acids is 2.